The molecule has 0 aliphatic carbocycles. The first-order valence-electron chi connectivity index (χ1n) is 8.14. The van der Waals surface area contributed by atoms with Crippen molar-refractivity contribution >= 4 is 34.1 Å². The standard InChI is InChI=1S/C19H19ClFN3O/c20-16-11-14(5-6-17(16)21)22-10-8-19(25)23-9-7-13-12-24-18-4-2-1-3-15(13)18/h1-6,11-12,22,24H,7-10H2,(H,23,25). The lowest BCUT2D eigenvalue weighted by Gasteiger charge is -2.08. The number of para-hydroxylation sites is 1. The minimum absolute atomic E-state index is 0.0273. The number of anilines is 1. The Kier molecular flexibility index (Phi) is 5.56. The monoisotopic (exact) mass is 359 g/mol. The molecule has 4 nitrogen and oxygen atoms in total. The quantitative estimate of drug-likeness (QED) is 0.594. The zero-order chi connectivity index (χ0) is 17.6. The van der Waals surface area contributed by atoms with E-state index in [9.17, 15) is 9.18 Å². The molecule has 2 aromatic carbocycles. The van der Waals surface area contributed by atoms with Crippen LogP contribution in [0.5, 0.6) is 0 Å². The predicted molar refractivity (Wildman–Crippen MR) is 99.5 cm³/mol. The van der Waals surface area contributed by atoms with Crippen LogP contribution in [-0.4, -0.2) is 24.0 Å². The Bertz CT molecular complexity index is 878. The van der Waals surface area contributed by atoms with Crippen LogP contribution < -0.4 is 10.6 Å². The number of rotatable bonds is 7. The molecule has 0 spiro atoms. The number of carbonyl (C=O) groups is 1. The van der Waals surface area contributed by atoms with E-state index in [1.165, 1.54) is 23.1 Å². The van der Waals surface area contributed by atoms with E-state index in [-0.39, 0.29) is 10.9 Å². The normalized spacial score (nSPS) is 10.8. The van der Waals surface area contributed by atoms with Gasteiger partial charge in [0, 0.05) is 42.3 Å². The van der Waals surface area contributed by atoms with Crippen molar-refractivity contribution in [3.63, 3.8) is 0 Å². The van der Waals surface area contributed by atoms with Crippen LogP contribution in [0.3, 0.4) is 0 Å². The summed E-state index contributed by atoms with van der Waals surface area (Å²) >= 11 is 5.72. The number of fused-ring (bicyclic) bond motifs is 1. The van der Waals surface area contributed by atoms with Crippen molar-refractivity contribution < 1.29 is 9.18 Å². The molecule has 0 saturated carbocycles. The van der Waals surface area contributed by atoms with Crippen LogP contribution in [0.4, 0.5) is 10.1 Å². The first kappa shape index (κ1) is 17.3. The SMILES string of the molecule is O=C(CCNc1ccc(F)c(Cl)c1)NCCc1c[nH]c2ccccc12. The molecule has 0 atom stereocenters. The molecular formula is C19H19ClFN3O. The Labute approximate surface area is 150 Å². The average molecular weight is 360 g/mol. The summed E-state index contributed by atoms with van der Waals surface area (Å²) < 4.78 is 13.1. The average Bonchev–Trinajstić information content (AvgIpc) is 3.01. The fourth-order valence-electron chi connectivity index (χ4n) is 2.69. The summed E-state index contributed by atoms with van der Waals surface area (Å²) in [6.07, 6.45) is 3.09. The van der Waals surface area contributed by atoms with Crippen LogP contribution in [0.15, 0.2) is 48.7 Å². The number of nitrogens with one attached hydrogen (secondary N) is 3. The largest absolute Gasteiger partial charge is 0.384 e. The lowest BCUT2D eigenvalue weighted by atomic mass is 10.1. The zero-order valence-corrected chi connectivity index (χ0v) is 14.4. The van der Waals surface area contributed by atoms with Gasteiger partial charge in [-0.2, -0.15) is 0 Å². The molecule has 6 heteroatoms. The number of amides is 1. The third kappa shape index (κ3) is 4.51. The van der Waals surface area contributed by atoms with E-state index in [2.05, 4.69) is 21.7 Å². The third-order valence-corrected chi connectivity index (χ3v) is 4.28. The summed E-state index contributed by atoms with van der Waals surface area (Å²) in [6, 6.07) is 12.5. The van der Waals surface area contributed by atoms with Gasteiger partial charge in [0.25, 0.3) is 0 Å². The lowest BCUT2D eigenvalue weighted by molar-refractivity contribution is -0.120. The van der Waals surface area contributed by atoms with Gasteiger partial charge >= 0.3 is 0 Å². The molecule has 0 aliphatic heterocycles. The summed E-state index contributed by atoms with van der Waals surface area (Å²) in [5.74, 6) is -0.484. The smallest absolute Gasteiger partial charge is 0.221 e. The van der Waals surface area contributed by atoms with Crippen molar-refractivity contribution in [2.24, 2.45) is 0 Å². The van der Waals surface area contributed by atoms with Crippen molar-refractivity contribution in [1.82, 2.24) is 10.3 Å². The van der Waals surface area contributed by atoms with Crippen LogP contribution in [0.2, 0.25) is 5.02 Å². The van der Waals surface area contributed by atoms with Gasteiger partial charge in [0.2, 0.25) is 5.91 Å². The molecule has 3 aromatic rings. The number of hydrogen-bond donors (Lipinski definition) is 3. The molecule has 0 unspecified atom stereocenters. The van der Waals surface area contributed by atoms with Crippen molar-refractivity contribution in [1.29, 1.82) is 0 Å². The van der Waals surface area contributed by atoms with Gasteiger partial charge in [0.15, 0.2) is 0 Å². The molecule has 130 valence electrons. The molecule has 1 aromatic heterocycles. The maximum atomic E-state index is 13.1. The number of halogens is 2. The van der Waals surface area contributed by atoms with Gasteiger partial charge in [-0.25, -0.2) is 4.39 Å². The minimum atomic E-state index is -0.456. The van der Waals surface area contributed by atoms with Crippen molar-refractivity contribution in [3.05, 3.63) is 65.1 Å². The molecule has 1 heterocycles. The third-order valence-electron chi connectivity index (χ3n) is 3.99. The first-order valence-corrected chi connectivity index (χ1v) is 8.52. The van der Waals surface area contributed by atoms with E-state index >= 15 is 0 Å². The van der Waals surface area contributed by atoms with Crippen LogP contribution in [0.1, 0.15) is 12.0 Å². The van der Waals surface area contributed by atoms with E-state index in [1.54, 1.807) is 6.07 Å². The highest BCUT2D eigenvalue weighted by Crippen LogP contribution is 2.19. The molecule has 0 aliphatic rings. The Balaban J connectivity index is 1.40. The summed E-state index contributed by atoms with van der Waals surface area (Å²) in [6.45, 7) is 1.05. The second-order valence-electron chi connectivity index (χ2n) is 5.77. The molecule has 0 saturated heterocycles. The Morgan fingerprint density at radius 2 is 2.00 bits per heavy atom. The van der Waals surface area contributed by atoms with Crippen LogP contribution in [-0.2, 0) is 11.2 Å². The van der Waals surface area contributed by atoms with E-state index < -0.39 is 5.82 Å². The minimum Gasteiger partial charge on any atom is -0.384 e. The topological polar surface area (TPSA) is 56.9 Å². The summed E-state index contributed by atoms with van der Waals surface area (Å²) in [5, 5.41) is 7.22. The second kappa shape index (κ2) is 8.03. The molecule has 25 heavy (non-hydrogen) atoms. The highest BCUT2D eigenvalue weighted by atomic mass is 35.5. The molecule has 1 amide bonds. The number of H-pyrrole nitrogens is 1. The van der Waals surface area contributed by atoms with Gasteiger partial charge in [-0.05, 0) is 36.2 Å². The summed E-state index contributed by atoms with van der Waals surface area (Å²) in [7, 11) is 0. The van der Waals surface area contributed by atoms with Crippen LogP contribution >= 0.6 is 11.6 Å². The van der Waals surface area contributed by atoms with Crippen LogP contribution in [0, 0.1) is 5.82 Å². The summed E-state index contributed by atoms with van der Waals surface area (Å²) in [5.41, 5.74) is 2.99. The molecule has 3 N–H and O–H groups in total. The molecule has 0 radical (unpaired) electrons. The van der Waals surface area contributed by atoms with Gasteiger partial charge in [-0.1, -0.05) is 29.8 Å². The van der Waals surface area contributed by atoms with Gasteiger partial charge < -0.3 is 15.6 Å². The molecular weight excluding hydrogens is 341 g/mol. The van der Waals surface area contributed by atoms with Crippen molar-refractivity contribution in [2.45, 2.75) is 12.8 Å². The van der Waals surface area contributed by atoms with Gasteiger partial charge in [0.1, 0.15) is 5.82 Å². The second-order valence-corrected chi connectivity index (χ2v) is 6.17. The lowest BCUT2D eigenvalue weighted by Crippen LogP contribution is -2.27. The molecule has 3 rings (SSSR count). The van der Waals surface area contributed by atoms with Gasteiger partial charge in [-0.3, -0.25) is 4.79 Å². The predicted octanol–water partition coefficient (Wildman–Crippen LogP) is 4.12. The zero-order valence-electron chi connectivity index (χ0n) is 13.6. The van der Waals surface area contributed by atoms with Crippen LogP contribution in [0.25, 0.3) is 10.9 Å². The molecule has 0 fully saturated rings. The van der Waals surface area contributed by atoms with Gasteiger partial charge in [0.05, 0.1) is 5.02 Å². The van der Waals surface area contributed by atoms with Gasteiger partial charge in [-0.15, -0.1) is 0 Å². The maximum Gasteiger partial charge on any atom is 0.221 e. The number of hydrogen-bond acceptors (Lipinski definition) is 2. The first-order chi connectivity index (χ1) is 12.1. The maximum absolute atomic E-state index is 13.1. The van der Waals surface area contributed by atoms with E-state index in [1.807, 2.05) is 24.4 Å². The Morgan fingerprint density at radius 1 is 1.16 bits per heavy atom. The fourth-order valence-corrected chi connectivity index (χ4v) is 2.87. The fraction of sp³-hybridized carbons (Fsp3) is 0.211. The number of benzene rings is 2. The van der Waals surface area contributed by atoms with E-state index in [0.717, 1.165) is 11.9 Å². The number of carbonyl (C=O) groups excluding carboxylic acids is 1. The van der Waals surface area contributed by atoms with E-state index in [4.69, 9.17) is 11.6 Å². The van der Waals surface area contributed by atoms with Crippen molar-refractivity contribution in [2.75, 3.05) is 18.4 Å². The highest BCUT2D eigenvalue weighted by Gasteiger charge is 2.05. The Morgan fingerprint density at radius 3 is 2.84 bits per heavy atom. The number of aromatic nitrogens is 1. The summed E-state index contributed by atoms with van der Waals surface area (Å²) in [4.78, 5) is 15.1. The number of aromatic amines is 1. The van der Waals surface area contributed by atoms with E-state index in [0.29, 0.717) is 25.2 Å². The Hall–Kier alpha value is -2.53. The van der Waals surface area contributed by atoms with Crippen molar-refractivity contribution in [3.8, 4) is 0 Å². The molecule has 0 bridgehead atoms. The highest BCUT2D eigenvalue weighted by molar-refractivity contribution is 6.31.